The molecule has 0 spiro atoms. The average Bonchev–Trinajstić information content (AvgIpc) is 3.19. The van der Waals surface area contributed by atoms with Crippen LogP contribution in [-0.4, -0.2) is 32.6 Å². The Morgan fingerprint density at radius 1 is 0.939 bits per heavy atom. The van der Waals surface area contributed by atoms with Crippen molar-refractivity contribution in [3.05, 3.63) is 76.9 Å². The van der Waals surface area contributed by atoms with E-state index in [1.807, 2.05) is 76.2 Å². The minimum atomic E-state index is -0.254. The number of thiocarbonyl (C=S) groups is 1. The normalized spacial score (nSPS) is 10.8. The molecule has 1 amide bonds. The number of amides is 1. The van der Waals surface area contributed by atoms with Crippen molar-refractivity contribution in [3.63, 3.8) is 0 Å². The van der Waals surface area contributed by atoms with Gasteiger partial charge in [-0.05, 0) is 105 Å². The van der Waals surface area contributed by atoms with Crippen molar-refractivity contribution in [1.29, 1.82) is 0 Å². The van der Waals surface area contributed by atoms with Crippen molar-refractivity contribution in [3.8, 4) is 11.4 Å². The number of nitrogens with one attached hydrogen (secondary N) is 2. The summed E-state index contributed by atoms with van der Waals surface area (Å²) in [5, 5.41) is 15.2. The number of nitrogens with zero attached hydrogens (tertiary/aromatic N) is 3. The zero-order valence-corrected chi connectivity index (χ0v) is 19.8. The first-order chi connectivity index (χ1) is 15.8. The van der Waals surface area contributed by atoms with Crippen molar-refractivity contribution in [2.45, 2.75) is 27.7 Å². The van der Waals surface area contributed by atoms with Gasteiger partial charge in [0.15, 0.2) is 5.11 Å². The average molecular weight is 460 g/mol. The lowest BCUT2D eigenvalue weighted by molar-refractivity contribution is 0.0977. The van der Waals surface area contributed by atoms with Gasteiger partial charge in [0, 0.05) is 11.3 Å². The van der Waals surface area contributed by atoms with Gasteiger partial charge in [-0.1, -0.05) is 6.07 Å². The Hall–Kier alpha value is -3.78. The van der Waals surface area contributed by atoms with Crippen molar-refractivity contribution in [2.24, 2.45) is 0 Å². The highest BCUT2D eigenvalue weighted by Crippen LogP contribution is 2.23. The fraction of sp³-hybridized carbons (Fsp3) is 0.200. The second-order valence-corrected chi connectivity index (χ2v) is 8.19. The van der Waals surface area contributed by atoms with Crippen molar-refractivity contribution in [1.82, 2.24) is 20.3 Å². The molecule has 2 N–H and O–H groups in total. The molecular formula is C25H25N5O2S. The van der Waals surface area contributed by atoms with E-state index in [-0.39, 0.29) is 11.0 Å². The largest absolute Gasteiger partial charge is 0.494 e. The van der Waals surface area contributed by atoms with Crippen LogP contribution in [0.25, 0.3) is 16.7 Å². The summed E-state index contributed by atoms with van der Waals surface area (Å²) in [6.07, 6.45) is 0. The molecule has 0 saturated carbocycles. The molecule has 4 aromatic rings. The Morgan fingerprint density at radius 3 is 2.30 bits per heavy atom. The van der Waals surface area contributed by atoms with Crippen LogP contribution >= 0.6 is 12.2 Å². The highest BCUT2D eigenvalue weighted by Gasteiger charge is 2.12. The van der Waals surface area contributed by atoms with Crippen LogP contribution < -0.4 is 15.4 Å². The molecule has 0 saturated heterocycles. The number of hydrogen-bond acceptors (Lipinski definition) is 5. The van der Waals surface area contributed by atoms with Crippen molar-refractivity contribution < 1.29 is 9.53 Å². The summed E-state index contributed by atoms with van der Waals surface area (Å²) in [6.45, 7) is 8.50. The van der Waals surface area contributed by atoms with Gasteiger partial charge in [0.05, 0.1) is 12.3 Å². The van der Waals surface area contributed by atoms with E-state index in [0.29, 0.717) is 17.7 Å². The molecule has 168 valence electrons. The molecule has 0 atom stereocenters. The van der Waals surface area contributed by atoms with E-state index in [9.17, 15) is 4.79 Å². The molecule has 0 aliphatic rings. The van der Waals surface area contributed by atoms with Crippen LogP contribution in [0.4, 0.5) is 5.69 Å². The number of aromatic nitrogens is 3. The number of aryl methyl sites for hydroxylation is 3. The number of rotatable bonds is 5. The maximum atomic E-state index is 12.6. The highest BCUT2D eigenvalue weighted by atomic mass is 32.1. The Balaban J connectivity index is 1.50. The molecule has 0 radical (unpaired) electrons. The Bertz CT molecular complexity index is 1350. The predicted octanol–water partition coefficient (Wildman–Crippen LogP) is 4.87. The molecule has 0 aliphatic heterocycles. The third-order valence-corrected chi connectivity index (χ3v) is 5.55. The minimum Gasteiger partial charge on any atom is -0.494 e. The van der Waals surface area contributed by atoms with Gasteiger partial charge >= 0.3 is 0 Å². The molecule has 8 heteroatoms. The molecule has 0 bridgehead atoms. The summed E-state index contributed by atoms with van der Waals surface area (Å²) >= 11 is 5.37. The van der Waals surface area contributed by atoms with Crippen LogP contribution in [-0.2, 0) is 0 Å². The Labute approximate surface area is 197 Å². The van der Waals surface area contributed by atoms with Crippen LogP contribution in [0.3, 0.4) is 0 Å². The van der Waals surface area contributed by atoms with Gasteiger partial charge in [-0.2, -0.15) is 4.80 Å². The van der Waals surface area contributed by atoms with Gasteiger partial charge in [-0.3, -0.25) is 10.1 Å². The monoisotopic (exact) mass is 459 g/mol. The molecule has 1 aromatic heterocycles. The standard InChI is InChI=1S/C25H25N5O2S/c1-5-32-20-10-8-19(9-11-20)30-28-22-13-17(4)21(14-23(22)29-30)26-25(33)27-24(31)18-7-6-15(2)16(3)12-18/h6-14H,5H2,1-4H3,(H2,26,27,31,33). The Kier molecular flexibility index (Phi) is 6.37. The third kappa shape index (κ3) is 5.01. The van der Waals surface area contributed by atoms with Gasteiger partial charge in [-0.15, -0.1) is 10.2 Å². The minimum absolute atomic E-state index is 0.222. The molecule has 0 fully saturated rings. The second kappa shape index (κ2) is 9.38. The van der Waals surface area contributed by atoms with E-state index < -0.39 is 0 Å². The lowest BCUT2D eigenvalue weighted by atomic mass is 10.1. The number of hydrogen-bond donors (Lipinski definition) is 2. The van der Waals surface area contributed by atoms with Crippen LogP contribution in [0.2, 0.25) is 0 Å². The first-order valence-electron chi connectivity index (χ1n) is 10.6. The molecule has 0 aliphatic carbocycles. The number of fused-ring (bicyclic) bond motifs is 1. The zero-order valence-electron chi connectivity index (χ0n) is 19.0. The van der Waals surface area contributed by atoms with Crippen molar-refractivity contribution in [2.75, 3.05) is 11.9 Å². The van der Waals surface area contributed by atoms with Gasteiger partial charge in [0.1, 0.15) is 16.8 Å². The maximum absolute atomic E-state index is 12.6. The number of carbonyl (C=O) groups is 1. The lowest BCUT2D eigenvalue weighted by Gasteiger charge is -2.12. The van der Waals surface area contributed by atoms with Crippen LogP contribution in [0.15, 0.2) is 54.6 Å². The third-order valence-electron chi connectivity index (χ3n) is 5.35. The molecule has 7 nitrogen and oxygen atoms in total. The summed E-state index contributed by atoms with van der Waals surface area (Å²) in [7, 11) is 0. The van der Waals surface area contributed by atoms with Crippen LogP contribution in [0.5, 0.6) is 5.75 Å². The number of carbonyl (C=O) groups excluding carboxylic acids is 1. The summed E-state index contributed by atoms with van der Waals surface area (Å²) in [4.78, 5) is 14.1. The summed E-state index contributed by atoms with van der Waals surface area (Å²) < 4.78 is 5.49. The molecule has 4 rings (SSSR count). The second-order valence-electron chi connectivity index (χ2n) is 7.78. The summed E-state index contributed by atoms with van der Waals surface area (Å²) in [5.41, 5.74) is 6.74. The summed E-state index contributed by atoms with van der Waals surface area (Å²) in [5.74, 6) is 0.549. The first kappa shape index (κ1) is 22.4. The molecule has 33 heavy (non-hydrogen) atoms. The predicted molar refractivity (Wildman–Crippen MR) is 134 cm³/mol. The quantitative estimate of drug-likeness (QED) is 0.415. The highest BCUT2D eigenvalue weighted by molar-refractivity contribution is 7.80. The van der Waals surface area contributed by atoms with E-state index in [2.05, 4.69) is 20.8 Å². The van der Waals surface area contributed by atoms with Gasteiger partial charge in [0.25, 0.3) is 5.91 Å². The van der Waals surface area contributed by atoms with E-state index >= 15 is 0 Å². The van der Waals surface area contributed by atoms with Gasteiger partial charge < -0.3 is 10.1 Å². The lowest BCUT2D eigenvalue weighted by Crippen LogP contribution is -2.34. The fourth-order valence-electron chi connectivity index (χ4n) is 3.37. The number of ether oxygens (including phenoxy) is 1. The van der Waals surface area contributed by atoms with E-state index in [4.69, 9.17) is 17.0 Å². The van der Waals surface area contributed by atoms with E-state index in [1.165, 1.54) is 0 Å². The SMILES string of the molecule is CCOc1ccc(-n2nc3cc(C)c(NC(=S)NC(=O)c4ccc(C)c(C)c4)cc3n2)cc1. The van der Waals surface area contributed by atoms with E-state index in [1.54, 1.807) is 10.9 Å². The van der Waals surface area contributed by atoms with Gasteiger partial charge in [-0.25, -0.2) is 0 Å². The number of anilines is 1. The summed E-state index contributed by atoms with van der Waals surface area (Å²) in [6, 6.07) is 17.0. The van der Waals surface area contributed by atoms with E-state index in [0.717, 1.165) is 39.3 Å². The molecule has 0 unspecified atom stereocenters. The Morgan fingerprint density at radius 2 is 1.64 bits per heavy atom. The number of benzene rings is 3. The maximum Gasteiger partial charge on any atom is 0.257 e. The topological polar surface area (TPSA) is 81.1 Å². The molecule has 1 heterocycles. The smallest absolute Gasteiger partial charge is 0.257 e. The molecule has 3 aromatic carbocycles. The van der Waals surface area contributed by atoms with Crippen LogP contribution in [0, 0.1) is 20.8 Å². The van der Waals surface area contributed by atoms with Crippen LogP contribution in [0.1, 0.15) is 34.0 Å². The fourth-order valence-corrected chi connectivity index (χ4v) is 3.57. The van der Waals surface area contributed by atoms with Crippen molar-refractivity contribution >= 4 is 40.0 Å². The van der Waals surface area contributed by atoms with Gasteiger partial charge in [0.2, 0.25) is 0 Å². The molecular weight excluding hydrogens is 434 g/mol. The zero-order chi connectivity index (χ0) is 23.5. The first-order valence-corrected chi connectivity index (χ1v) is 11.1.